The van der Waals surface area contributed by atoms with Gasteiger partial charge in [-0.2, -0.15) is 9.61 Å². The van der Waals surface area contributed by atoms with Crippen molar-refractivity contribution in [2.45, 2.75) is 0 Å². The molecule has 2 aromatic heterocycles. The Kier molecular flexibility index (Phi) is 1.90. The summed E-state index contributed by atoms with van der Waals surface area (Å²) >= 11 is 1.36. The third-order valence-corrected chi connectivity index (χ3v) is 2.98. The molecule has 3 aromatic rings. The molecule has 0 saturated heterocycles. The van der Waals surface area contributed by atoms with Crippen molar-refractivity contribution >= 4 is 22.1 Å². The largest absolute Gasteiger partial charge is 0.382 e. The van der Waals surface area contributed by atoms with Crippen LogP contribution >= 0.6 is 11.3 Å². The van der Waals surface area contributed by atoms with Crippen LogP contribution in [-0.2, 0) is 0 Å². The Morgan fingerprint density at radius 2 is 2.12 bits per heavy atom. The van der Waals surface area contributed by atoms with Crippen LogP contribution in [0.4, 0.5) is 10.2 Å². The standard InChI is InChI=1S/C10H7FN4S/c11-7-4-2-1-3-6(7)8-9(12)15-10(14-8)16-5-13-15/h1-5H,12H2. The van der Waals surface area contributed by atoms with Gasteiger partial charge in [0.15, 0.2) is 5.82 Å². The van der Waals surface area contributed by atoms with E-state index in [0.717, 1.165) is 0 Å². The van der Waals surface area contributed by atoms with Gasteiger partial charge in [-0.05, 0) is 12.1 Å². The molecule has 0 bridgehead atoms. The molecule has 0 spiro atoms. The smallest absolute Gasteiger partial charge is 0.214 e. The van der Waals surface area contributed by atoms with Crippen LogP contribution in [0.5, 0.6) is 0 Å². The number of rotatable bonds is 1. The van der Waals surface area contributed by atoms with Gasteiger partial charge in [0.25, 0.3) is 0 Å². The van der Waals surface area contributed by atoms with E-state index < -0.39 is 0 Å². The van der Waals surface area contributed by atoms with Crippen molar-refractivity contribution in [2.75, 3.05) is 5.73 Å². The number of nitrogen functional groups attached to an aromatic ring is 1. The van der Waals surface area contributed by atoms with Gasteiger partial charge in [-0.1, -0.05) is 23.5 Å². The molecule has 1 aromatic carbocycles. The number of aromatic nitrogens is 3. The molecular formula is C10H7FN4S. The molecule has 2 heterocycles. The van der Waals surface area contributed by atoms with Crippen molar-refractivity contribution in [2.24, 2.45) is 0 Å². The number of nitrogens with zero attached hydrogens (tertiary/aromatic N) is 3. The van der Waals surface area contributed by atoms with Crippen LogP contribution < -0.4 is 5.73 Å². The van der Waals surface area contributed by atoms with Crippen molar-refractivity contribution in [3.8, 4) is 11.3 Å². The second-order valence-electron chi connectivity index (χ2n) is 3.26. The second-order valence-corrected chi connectivity index (χ2v) is 4.07. The van der Waals surface area contributed by atoms with Gasteiger partial charge in [0, 0.05) is 5.56 Å². The van der Waals surface area contributed by atoms with Crippen molar-refractivity contribution in [3.63, 3.8) is 0 Å². The lowest BCUT2D eigenvalue weighted by atomic mass is 10.1. The number of benzene rings is 1. The van der Waals surface area contributed by atoms with Crippen LogP contribution in [-0.4, -0.2) is 14.6 Å². The van der Waals surface area contributed by atoms with Gasteiger partial charge in [0.2, 0.25) is 4.96 Å². The zero-order valence-electron chi connectivity index (χ0n) is 8.09. The fourth-order valence-corrected chi connectivity index (χ4v) is 2.19. The molecule has 0 radical (unpaired) electrons. The third kappa shape index (κ3) is 1.20. The number of anilines is 1. The molecule has 0 fully saturated rings. The van der Waals surface area contributed by atoms with E-state index in [4.69, 9.17) is 5.73 Å². The Hall–Kier alpha value is -1.95. The quantitative estimate of drug-likeness (QED) is 0.702. The molecule has 0 atom stereocenters. The van der Waals surface area contributed by atoms with Gasteiger partial charge in [0.05, 0.1) is 0 Å². The lowest BCUT2D eigenvalue weighted by Gasteiger charge is -1.99. The fraction of sp³-hybridized carbons (Fsp3) is 0. The first-order valence-corrected chi connectivity index (χ1v) is 5.48. The van der Waals surface area contributed by atoms with Crippen LogP contribution in [0.25, 0.3) is 16.2 Å². The Bertz CT molecular complexity index is 658. The first-order chi connectivity index (χ1) is 7.77. The molecule has 4 nitrogen and oxygen atoms in total. The van der Waals surface area contributed by atoms with E-state index in [0.29, 0.717) is 22.0 Å². The minimum absolute atomic E-state index is 0.333. The fourth-order valence-electron chi connectivity index (χ4n) is 1.56. The minimum Gasteiger partial charge on any atom is -0.382 e. The summed E-state index contributed by atoms with van der Waals surface area (Å²) < 4.78 is 15.1. The Morgan fingerprint density at radius 3 is 2.88 bits per heavy atom. The highest BCUT2D eigenvalue weighted by atomic mass is 32.1. The number of hydrogen-bond acceptors (Lipinski definition) is 4. The number of fused-ring (bicyclic) bond motifs is 1. The number of halogens is 1. The van der Waals surface area contributed by atoms with Gasteiger partial charge in [-0.3, -0.25) is 0 Å². The summed E-state index contributed by atoms with van der Waals surface area (Å²) in [5, 5.41) is 4.02. The van der Waals surface area contributed by atoms with E-state index in [1.165, 1.54) is 21.9 Å². The predicted molar refractivity (Wildman–Crippen MR) is 60.7 cm³/mol. The van der Waals surface area contributed by atoms with Crippen LogP contribution in [0.3, 0.4) is 0 Å². The molecule has 16 heavy (non-hydrogen) atoms. The maximum Gasteiger partial charge on any atom is 0.214 e. The summed E-state index contributed by atoms with van der Waals surface area (Å²) in [5.74, 6) is 0.0290. The molecule has 80 valence electrons. The molecule has 0 aliphatic rings. The molecule has 2 N–H and O–H groups in total. The Morgan fingerprint density at radius 1 is 1.31 bits per heavy atom. The van der Waals surface area contributed by atoms with Crippen LogP contribution in [0, 0.1) is 5.82 Å². The SMILES string of the molecule is Nc1c(-c2ccccc2F)nc2scnn12. The topological polar surface area (TPSA) is 56.2 Å². The van der Waals surface area contributed by atoms with Gasteiger partial charge in [-0.15, -0.1) is 0 Å². The zero-order chi connectivity index (χ0) is 11.1. The second kappa shape index (κ2) is 3.28. The van der Waals surface area contributed by atoms with Gasteiger partial charge >= 0.3 is 0 Å². The van der Waals surface area contributed by atoms with Gasteiger partial charge < -0.3 is 5.73 Å². The van der Waals surface area contributed by atoms with Crippen LogP contribution in [0.15, 0.2) is 29.8 Å². The van der Waals surface area contributed by atoms with E-state index in [1.54, 1.807) is 23.7 Å². The monoisotopic (exact) mass is 234 g/mol. The summed E-state index contributed by atoms with van der Waals surface area (Å²) in [7, 11) is 0. The van der Waals surface area contributed by atoms with Gasteiger partial charge in [-0.25, -0.2) is 9.37 Å². The van der Waals surface area contributed by atoms with E-state index in [-0.39, 0.29) is 5.82 Å². The molecule has 0 unspecified atom stereocenters. The summed E-state index contributed by atoms with van der Waals surface area (Å²) in [5.41, 5.74) is 8.35. The highest BCUT2D eigenvalue weighted by molar-refractivity contribution is 7.14. The summed E-state index contributed by atoms with van der Waals surface area (Å²) in [6.07, 6.45) is 0. The molecule has 3 rings (SSSR count). The lowest BCUT2D eigenvalue weighted by Crippen LogP contribution is -1.95. The average molecular weight is 234 g/mol. The zero-order valence-corrected chi connectivity index (χ0v) is 8.91. The van der Waals surface area contributed by atoms with Crippen molar-refractivity contribution < 1.29 is 4.39 Å². The number of nitrogens with two attached hydrogens (primary N) is 1. The highest BCUT2D eigenvalue weighted by Crippen LogP contribution is 2.28. The predicted octanol–water partition coefficient (Wildman–Crippen LogP) is 2.18. The maximum atomic E-state index is 13.6. The number of hydrogen-bond donors (Lipinski definition) is 1. The van der Waals surface area contributed by atoms with Crippen LogP contribution in [0.2, 0.25) is 0 Å². The van der Waals surface area contributed by atoms with Crippen LogP contribution in [0.1, 0.15) is 0 Å². The maximum absolute atomic E-state index is 13.6. The van der Waals surface area contributed by atoms with Crippen molar-refractivity contribution in [1.29, 1.82) is 0 Å². The average Bonchev–Trinajstić information content (AvgIpc) is 2.83. The van der Waals surface area contributed by atoms with E-state index >= 15 is 0 Å². The molecular weight excluding hydrogens is 227 g/mol. The number of imidazole rings is 1. The van der Waals surface area contributed by atoms with E-state index in [2.05, 4.69) is 10.1 Å². The molecule has 6 heteroatoms. The molecule has 0 aliphatic heterocycles. The summed E-state index contributed by atoms with van der Waals surface area (Å²) in [6.45, 7) is 0. The molecule has 0 saturated carbocycles. The third-order valence-electron chi connectivity index (χ3n) is 2.31. The highest BCUT2D eigenvalue weighted by Gasteiger charge is 2.15. The van der Waals surface area contributed by atoms with Gasteiger partial charge in [0.1, 0.15) is 17.0 Å². The van der Waals surface area contributed by atoms with E-state index in [1.807, 2.05) is 0 Å². The van der Waals surface area contributed by atoms with Crippen molar-refractivity contribution in [1.82, 2.24) is 14.6 Å². The first-order valence-electron chi connectivity index (χ1n) is 4.60. The Balaban J connectivity index is 2.30. The first kappa shape index (κ1) is 9.29. The minimum atomic E-state index is -0.333. The normalized spacial score (nSPS) is 11.1. The summed E-state index contributed by atoms with van der Waals surface area (Å²) in [6, 6.07) is 6.41. The molecule has 0 amide bonds. The molecule has 0 aliphatic carbocycles. The van der Waals surface area contributed by atoms with E-state index in [9.17, 15) is 4.39 Å². The van der Waals surface area contributed by atoms with Crippen molar-refractivity contribution in [3.05, 3.63) is 35.6 Å². The summed E-state index contributed by atoms with van der Waals surface area (Å²) in [4.78, 5) is 4.92. The Labute approximate surface area is 94.2 Å². The lowest BCUT2D eigenvalue weighted by molar-refractivity contribution is 0.631.